The molecule has 0 amide bonds. The molecule has 0 saturated carbocycles. The molecule has 6 nitrogen and oxygen atoms in total. The summed E-state index contributed by atoms with van der Waals surface area (Å²) >= 11 is 0. The van der Waals surface area contributed by atoms with E-state index in [9.17, 15) is 0 Å². The summed E-state index contributed by atoms with van der Waals surface area (Å²) in [6, 6.07) is 0.311. The van der Waals surface area contributed by atoms with Crippen LogP contribution in [0, 0.1) is 0 Å². The van der Waals surface area contributed by atoms with Crippen molar-refractivity contribution < 1.29 is 0 Å². The number of rotatable bonds is 3. The normalized spacial score (nSPS) is 13.0. The number of aromatic nitrogens is 6. The first-order valence-corrected chi connectivity index (χ1v) is 4.03. The molecule has 0 fully saturated rings. The van der Waals surface area contributed by atoms with E-state index in [1.165, 1.54) is 0 Å². The summed E-state index contributed by atoms with van der Waals surface area (Å²) in [6.07, 6.45) is 6.80. The maximum Gasteiger partial charge on any atom is 0.119 e. The fraction of sp³-hybridized carbons (Fsp3) is 0.429. The van der Waals surface area contributed by atoms with Gasteiger partial charge in [-0.1, -0.05) is 0 Å². The molecule has 2 aromatic heterocycles. The molecule has 1 atom stereocenters. The lowest BCUT2D eigenvalue weighted by Gasteiger charge is -2.11. The van der Waals surface area contributed by atoms with E-state index in [4.69, 9.17) is 0 Å². The first kappa shape index (κ1) is 7.90. The van der Waals surface area contributed by atoms with Crippen LogP contribution in [0.1, 0.15) is 13.0 Å². The Morgan fingerprint density at radius 2 is 1.54 bits per heavy atom. The summed E-state index contributed by atoms with van der Waals surface area (Å²) in [7, 11) is 0. The van der Waals surface area contributed by atoms with Crippen molar-refractivity contribution in [1.29, 1.82) is 0 Å². The van der Waals surface area contributed by atoms with E-state index in [2.05, 4.69) is 27.3 Å². The maximum atomic E-state index is 3.74. The second-order valence-corrected chi connectivity index (χ2v) is 2.92. The molecule has 0 aliphatic rings. The van der Waals surface area contributed by atoms with Gasteiger partial charge in [0.25, 0.3) is 0 Å². The molecule has 2 aromatic rings. The van der Waals surface area contributed by atoms with Gasteiger partial charge in [0.1, 0.15) is 25.3 Å². The first-order chi connectivity index (χ1) is 6.36. The largest absolute Gasteiger partial charge is 0.318 e. The summed E-state index contributed by atoms with van der Waals surface area (Å²) < 4.78 is 3.87. The smallest absolute Gasteiger partial charge is 0.119 e. The molecule has 6 heteroatoms. The molecule has 0 unspecified atom stereocenters. The molecule has 0 bridgehead atoms. The van der Waals surface area contributed by atoms with Gasteiger partial charge in [-0.05, 0) is 6.92 Å². The summed E-state index contributed by atoms with van der Waals surface area (Å²) in [5.41, 5.74) is 0. The van der Waals surface area contributed by atoms with Gasteiger partial charge in [0.2, 0.25) is 0 Å². The molecule has 2 rings (SSSR count). The lowest BCUT2D eigenvalue weighted by atomic mass is 10.3. The summed E-state index contributed by atoms with van der Waals surface area (Å²) in [5, 5.41) is 14.9. The van der Waals surface area contributed by atoms with Crippen molar-refractivity contribution in [3.8, 4) is 0 Å². The van der Waals surface area contributed by atoms with Gasteiger partial charge >= 0.3 is 0 Å². The Morgan fingerprint density at radius 3 is 2.15 bits per heavy atom. The van der Waals surface area contributed by atoms with Gasteiger partial charge in [0.05, 0.1) is 6.04 Å². The van der Waals surface area contributed by atoms with E-state index >= 15 is 0 Å². The molecule has 0 aliphatic heterocycles. The van der Waals surface area contributed by atoms with Crippen LogP contribution in [0.4, 0.5) is 0 Å². The Balaban J connectivity index is 2.04. The predicted octanol–water partition coefficient (Wildman–Crippen LogP) is 0.131. The second-order valence-electron chi connectivity index (χ2n) is 2.92. The summed E-state index contributed by atoms with van der Waals surface area (Å²) in [6.45, 7) is 2.91. The Kier molecular flexibility index (Phi) is 2.03. The molecule has 0 spiro atoms. The number of hydrogen-bond donors (Lipinski definition) is 0. The van der Waals surface area contributed by atoms with Crippen LogP contribution in [0.15, 0.2) is 25.3 Å². The zero-order valence-electron chi connectivity index (χ0n) is 7.28. The minimum atomic E-state index is 0.311. The molecular formula is C7H10N6. The lowest BCUT2D eigenvalue weighted by Crippen LogP contribution is -2.10. The third-order valence-corrected chi connectivity index (χ3v) is 1.89. The van der Waals surface area contributed by atoms with Crippen LogP contribution in [0.25, 0.3) is 0 Å². The number of nitrogens with zero attached hydrogens (tertiary/aromatic N) is 6. The zero-order chi connectivity index (χ0) is 9.10. The van der Waals surface area contributed by atoms with Gasteiger partial charge in [-0.3, -0.25) is 0 Å². The fourth-order valence-corrected chi connectivity index (χ4v) is 1.15. The Labute approximate surface area is 75.2 Å². The Bertz CT molecular complexity index is 337. The van der Waals surface area contributed by atoms with Crippen molar-refractivity contribution in [1.82, 2.24) is 29.5 Å². The molecule has 0 aromatic carbocycles. The van der Waals surface area contributed by atoms with Crippen LogP contribution < -0.4 is 0 Å². The Morgan fingerprint density at radius 1 is 1.00 bits per heavy atom. The molecule has 2 heterocycles. The van der Waals surface area contributed by atoms with Crippen LogP contribution in [0.3, 0.4) is 0 Å². The van der Waals surface area contributed by atoms with E-state index in [1.54, 1.807) is 25.3 Å². The van der Waals surface area contributed by atoms with E-state index in [0.717, 1.165) is 6.54 Å². The zero-order valence-corrected chi connectivity index (χ0v) is 7.28. The highest BCUT2D eigenvalue weighted by molar-refractivity contribution is 4.71. The van der Waals surface area contributed by atoms with E-state index < -0.39 is 0 Å². The quantitative estimate of drug-likeness (QED) is 0.670. The predicted molar refractivity (Wildman–Crippen MR) is 44.8 cm³/mol. The summed E-state index contributed by atoms with van der Waals surface area (Å²) in [5.74, 6) is 0. The molecule has 68 valence electrons. The van der Waals surface area contributed by atoms with Crippen LogP contribution in [-0.2, 0) is 6.54 Å². The standard InChI is InChI=1S/C7H10N6/c1-7(13-5-10-11-6-13)2-12-3-8-9-4-12/h3-7H,2H2,1H3/t7-/m1/s1. The van der Waals surface area contributed by atoms with E-state index in [0.29, 0.717) is 6.04 Å². The third kappa shape index (κ3) is 1.71. The summed E-state index contributed by atoms with van der Waals surface area (Å²) in [4.78, 5) is 0. The Hall–Kier alpha value is -1.72. The van der Waals surface area contributed by atoms with Crippen molar-refractivity contribution >= 4 is 0 Å². The van der Waals surface area contributed by atoms with Crippen molar-refractivity contribution in [2.75, 3.05) is 0 Å². The van der Waals surface area contributed by atoms with Crippen LogP contribution in [0.5, 0.6) is 0 Å². The highest BCUT2D eigenvalue weighted by Gasteiger charge is 2.04. The average Bonchev–Trinajstić information content (AvgIpc) is 2.74. The van der Waals surface area contributed by atoms with Gasteiger partial charge in [0.15, 0.2) is 0 Å². The second kappa shape index (κ2) is 3.34. The van der Waals surface area contributed by atoms with Gasteiger partial charge in [0, 0.05) is 6.54 Å². The molecule has 0 radical (unpaired) electrons. The fourth-order valence-electron chi connectivity index (χ4n) is 1.15. The van der Waals surface area contributed by atoms with Gasteiger partial charge in [-0.2, -0.15) is 0 Å². The van der Waals surface area contributed by atoms with E-state index in [-0.39, 0.29) is 0 Å². The van der Waals surface area contributed by atoms with Gasteiger partial charge in [-0.15, -0.1) is 20.4 Å². The van der Waals surface area contributed by atoms with Crippen LogP contribution in [-0.4, -0.2) is 29.5 Å². The lowest BCUT2D eigenvalue weighted by molar-refractivity contribution is 0.462. The molecular weight excluding hydrogens is 168 g/mol. The van der Waals surface area contributed by atoms with Crippen LogP contribution in [0.2, 0.25) is 0 Å². The SMILES string of the molecule is C[C@H](Cn1cnnc1)n1cnnc1. The molecule has 0 N–H and O–H groups in total. The van der Waals surface area contributed by atoms with Crippen LogP contribution >= 0.6 is 0 Å². The van der Waals surface area contributed by atoms with Crippen molar-refractivity contribution in [2.24, 2.45) is 0 Å². The maximum absolute atomic E-state index is 3.74. The highest BCUT2D eigenvalue weighted by atomic mass is 15.3. The molecule has 13 heavy (non-hydrogen) atoms. The first-order valence-electron chi connectivity index (χ1n) is 4.03. The number of hydrogen-bond acceptors (Lipinski definition) is 4. The van der Waals surface area contributed by atoms with Crippen molar-refractivity contribution in [3.05, 3.63) is 25.3 Å². The third-order valence-electron chi connectivity index (χ3n) is 1.89. The minimum Gasteiger partial charge on any atom is -0.318 e. The topological polar surface area (TPSA) is 61.4 Å². The monoisotopic (exact) mass is 178 g/mol. The van der Waals surface area contributed by atoms with Gasteiger partial charge < -0.3 is 9.13 Å². The minimum absolute atomic E-state index is 0.311. The highest BCUT2D eigenvalue weighted by Crippen LogP contribution is 2.05. The van der Waals surface area contributed by atoms with Crippen molar-refractivity contribution in [3.63, 3.8) is 0 Å². The molecule has 0 aliphatic carbocycles. The van der Waals surface area contributed by atoms with E-state index in [1.807, 2.05) is 9.13 Å². The average molecular weight is 178 g/mol. The van der Waals surface area contributed by atoms with Crippen molar-refractivity contribution in [2.45, 2.75) is 19.5 Å². The molecule has 0 saturated heterocycles. The van der Waals surface area contributed by atoms with Gasteiger partial charge in [-0.25, -0.2) is 0 Å².